The Morgan fingerprint density at radius 2 is 1.75 bits per heavy atom. The first-order valence-corrected chi connectivity index (χ1v) is 7.37. The second-order valence-electron chi connectivity index (χ2n) is 5.73. The van der Waals surface area contributed by atoms with Crippen molar-refractivity contribution in [3.05, 3.63) is 35.4 Å². The number of hydrogen-bond acceptors (Lipinski definition) is 1. The van der Waals surface area contributed by atoms with E-state index in [4.69, 9.17) is 0 Å². The van der Waals surface area contributed by atoms with E-state index >= 15 is 0 Å². The lowest BCUT2D eigenvalue weighted by molar-refractivity contribution is -0.137. The Morgan fingerprint density at radius 3 is 2.30 bits per heavy atom. The Kier molecular flexibility index (Phi) is 5.08. The molecule has 1 fully saturated rings. The molecule has 2 rings (SSSR count). The van der Waals surface area contributed by atoms with Gasteiger partial charge in [0.25, 0.3) is 0 Å². The van der Waals surface area contributed by atoms with Crippen LogP contribution in [0.25, 0.3) is 0 Å². The van der Waals surface area contributed by atoms with Gasteiger partial charge in [-0.2, -0.15) is 13.2 Å². The van der Waals surface area contributed by atoms with Crippen LogP contribution in [0.3, 0.4) is 0 Å². The van der Waals surface area contributed by atoms with Crippen molar-refractivity contribution in [3.8, 4) is 0 Å². The summed E-state index contributed by atoms with van der Waals surface area (Å²) in [5.41, 5.74) is 0.323. The van der Waals surface area contributed by atoms with Gasteiger partial charge in [-0.05, 0) is 43.5 Å². The van der Waals surface area contributed by atoms with E-state index in [0.717, 1.165) is 30.2 Å². The maximum absolute atomic E-state index is 12.5. The summed E-state index contributed by atoms with van der Waals surface area (Å²) in [4.78, 5) is 0. The Balaban J connectivity index is 1.81. The molecule has 1 nitrogen and oxygen atoms in total. The van der Waals surface area contributed by atoms with Crippen molar-refractivity contribution >= 4 is 0 Å². The van der Waals surface area contributed by atoms with E-state index in [1.807, 2.05) is 6.92 Å². The Hall–Kier alpha value is -1.03. The minimum atomic E-state index is -4.25. The van der Waals surface area contributed by atoms with Crippen LogP contribution in [0.4, 0.5) is 13.2 Å². The molecule has 4 heteroatoms. The highest BCUT2D eigenvalue weighted by atomic mass is 19.4. The van der Waals surface area contributed by atoms with Gasteiger partial charge < -0.3 is 5.32 Å². The molecule has 0 heterocycles. The van der Waals surface area contributed by atoms with Crippen molar-refractivity contribution < 1.29 is 13.2 Å². The van der Waals surface area contributed by atoms with Gasteiger partial charge in [-0.1, -0.05) is 37.8 Å². The van der Waals surface area contributed by atoms with Crippen molar-refractivity contribution in [1.82, 2.24) is 5.32 Å². The molecule has 1 aliphatic carbocycles. The maximum atomic E-state index is 12.5. The molecule has 0 spiro atoms. The van der Waals surface area contributed by atoms with E-state index in [9.17, 15) is 13.2 Å². The molecule has 1 N–H and O–H groups in total. The maximum Gasteiger partial charge on any atom is 0.416 e. The largest absolute Gasteiger partial charge is 0.416 e. The van der Waals surface area contributed by atoms with Crippen molar-refractivity contribution in [2.45, 2.75) is 51.2 Å². The lowest BCUT2D eigenvalue weighted by Crippen LogP contribution is -2.21. The number of benzene rings is 1. The zero-order valence-corrected chi connectivity index (χ0v) is 11.8. The fraction of sp³-hybridized carbons (Fsp3) is 0.625. The standard InChI is InChI=1S/C16H22F3N/c1-12(20-11-10-13-4-2-3-5-13)14-6-8-15(9-7-14)16(17,18)19/h6-9,12-13,20H,2-5,10-11H2,1H3. The van der Waals surface area contributed by atoms with Gasteiger partial charge in [-0.25, -0.2) is 0 Å². The van der Waals surface area contributed by atoms with Gasteiger partial charge in [0, 0.05) is 6.04 Å². The third-order valence-corrected chi connectivity index (χ3v) is 4.22. The van der Waals surface area contributed by atoms with E-state index < -0.39 is 11.7 Å². The van der Waals surface area contributed by atoms with Crippen LogP contribution in [0, 0.1) is 5.92 Å². The average Bonchev–Trinajstić information content (AvgIpc) is 2.91. The Morgan fingerprint density at radius 1 is 1.15 bits per heavy atom. The molecule has 1 atom stereocenters. The van der Waals surface area contributed by atoms with E-state index in [-0.39, 0.29) is 6.04 Å². The first-order valence-electron chi connectivity index (χ1n) is 7.37. The first kappa shape index (κ1) is 15.4. The third kappa shape index (κ3) is 4.23. The molecule has 1 saturated carbocycles. The second-order valence-corrected chi connectivity index (χ2v) is 5.73. The predicted molar refractivity (Wildman–Crippen MR) is 74.4 cm³/mol. The average molecular weight is 285 g/mol. The van der Waals surface area contributed by atoms with Crippen LogP contribution in [0.2, 0.25) is 0 Å². The molecule has 1 unspecified atom stereocenters. The molecular weight excluding hydrogens is 263 g/mol. The quantitative estimate of drug-likeness (QED) is 0.808. The third-order valence-electron chi connectivity index (χ3n) is 4.22. The van der Waals surface area contributed by atoms with E-state index in [1.165, 1.54) is 32.1 Å². The molecule has 0 saturated heterocycles. The lowest BCUT2D eigenvalue weighted by atomic mass is 10.0. The summed E-state index contributed by atoms with van der Waals surface area (Å²) in [5.74, 6) is 0.835. The van der Waals surface area contributed by atoms with Gasteiger partial charge in [-0.15, -0.1) is 0 Å². The smallest absolute Gasteiger partial charge is 0.310 e. The summed E-state index contributed by atoms with van der Waals surface area (Å²) >= 11 is 0. The normalized spacial score (nSPS) is 18.4. The number of hydrogen-bond donors (Lipinski definition) is 1. The number of rotatable bonds is 5. The van der Waals surface area contributed by atoms with Crippen LogP contribution in [-0.2, 0) is 6.18 Å². The summed E-state index contributed by atoms with van der Waals surface area (Å²) < 4.78 is 37.4. The molecule has 0 amide bonds. The first-order chi connectivity index (χ1) is 9.47. The minimum absolute atomic E-state index is 0.0960. The molecular formula is C16H22F3N. The molecule has 0 bridgehead atoms. The fourth-order valence-electron chi connectivity index (χ4n) is 2.88. The zero-order chi connectivity index (χ0) is 14.6. The summed E-state index contributed by atoms with van der Waals surface area (Å²) in [6, 6.07) is 5.54. The van der Waals surface area contributed by atoms with Crippen LogP contribution in [0.15, 0.2) is 24.3 Å². The highest BCUT2D eigenvalue weighted by Crippen LogP contribution is 2.30. The highest BCUT2D eigenvalue weighted by Gasteiger charge is 2.30. The van der Waals surface area contributed by atoms with Crippen LogP contribution in [0.1, 0.15) is 56.2 Å². The topological polar surface area (TPSA) is 12.0 Å². The highest BCUT2D eigenvalue weighted by molar-refractivity contribution is 5.26. The zero-order valence-electron chi connectivity index (χ0n) is 11.8. The van der Waals surface area contributed by atoms with Crippen molar-refractivity contribution in [2.75, 3.05) is 6.54 Å². The van der Waals surface area contributed by atoms with Crippen LogP contribution >= 0.6 is 0 Å². The Bertz CT molecular complexity index is 405. The van der Waals surface area contributed by atoms with E-state index in [1.54, 1.807) is 12.1 Å². The van der Waals surface area contributed by atoms with Crippen molar-refractivity contribution in [2.24, 2.45) is 5.92 Å². The Labute approximate surface area is 118 Å². The predicted octanol–water partition coefficient (Wildman–Crippen LogP) is 4.94. The van der Waals surface area contributed by atoms with Gasteiger partial charge in [-0.3, -0.25) is 0 Å². The van der Waals surface area contributed by atoms with Crippen molar-refractivity contribution in [3.63, 3.8) is 0 Å². The fourth-order valence-corrected chi connectivity index (χ4v) is 2.88. The van der Waals surface area contributed by atoms with Crippen LogP contribution < -0.4 is 5.32 Å². The van der Waals surface area contributed by atoms with Crippen LogP contribution in [-0.4, -0.2) is 6.54 Å². The van der Waals surface area contributed by atoms with Gasteiger partial charge in [0.05, 0.1) is 5.56 Å². The minimum Gasteiger partial charge on any atom is -0.310 e. The summed E-state index contributed by atoms with van der Waals surface area (Å²) in [7, 11) is 0. The number of alkyl halides is 3. The molecule has 1 aromatic rings. The lowest BCUT2D eigenvalue weighted by Gasteiger charge is -2.17. The van der Waals surface area contributed by atoms with Gasteiger partial charge in [0.1, 0.15) is 0 Å². The number of halogens is 3. The molecule has 1 aromatic carbocycles. The summed E-state index contributed by atoms with van der Waals surface area (Å²) in [6.45, 7) is 2.93. The molecule has 112 valence electrons. The molecule has 0 radical (unpaired) electrons. The summed E-state index contributed by atoms with van der Waals surface area (Å²) in [5, 5.41) is 3.40. The molecule has 20 heavy (non-hydrogen) atoms. The van der Waals surface area contributed by atoms with E-state index in [0.29, 0.717) is 0 Å². The molecule has 1 aliphatic rings. The molecule has 0 aliphatic heterocycles. The second kappa shape index (κ2) is 6.61. The number of nitrogens with one attached hydrogen (secondary N) is 1. The monoisotopic (exact) mass is 285 g/mol. The van der Waals surface area contributed by atoms with Gasteiger partial charge >= 0.3 is 6.18 Å². The van der Waals surface area contributed by atoms with Crippen molar-refractivity contribution in [1.29, 1.82) is 0 Å². The molecule has 0 aromatic heterocycles. The van der Waals surface area contributed by atoms with Gasteiger partial charge in [0.15, 0.2) is 0 Å². The van der Waals surface area contributed by atoms with E-state index in [2.05, 4.69) is 5.32 Å². The summed E-state index contributed by atoms with van der Waals surface area (Å²) in [6.07, 6.45) is 2.27. The SMILES string of the molecule is CC(NCCC1CCCC1)c1ccc(C(F)(F)F)cc1. The van der Waals surface area contributed by atoms with Gasteiger partial charge in [0.2, 0.25) is 0 Å². The van der Waals surface area contributed by atoms with Crippen LogP contribution in [0.5, 0.6) is 0 Å².